The van der Waals surface area contributed by atoms with Gasteiger partial charge in [-0.05, 0) is 12.8 Å². The van der Waals surface area contributed by atoms with Crippen LogP contribution in [-0.2, 0) is 0 Å². The minimum atomic E-state index is 1.35. The number of nitrogens with one attached hydrogen (secondary N) is 1. The van der Waals surface area contributed by atoms with Crippen molar-refractivity contribution in [3.05, 3.63) is 0 Å². The zero-order chi connectivity index (χ0) is 14.9. The highest BCUT2D eigenvalue weighted by Crippen LogP contribution is 2.13. The Hall–Kier alpha value is -0.0400. The van der Waals surface area contributed by atoms with Crippen LogP contribution in [0.4, 0.5) is 0 Å². The Bertz CT molecular complexity index is 165. The first kappa shape index (κ1) is 20.0. The van der Waals surface area contributed by atoms with Gasteiger partial charge in [0.2, 0.25) is 0 Å². The second kappa shape index (κ2) is 17.0. The average molecular weight is 285 g/mol. The molecule has 0 unspecified atom stereocenters. The van der Waals surface area contributed by atoms with E-state index >= 15 is 0 Å². The second-order valence-corrected chi connectivity index (χ2v) is 6.91. The van der Waals surface area contributed by atoms with Gasteiger partial charge in [-0.25, -0.2) is 0 Å². The lowest BCUT2D eigenvalue weighted by molar-refractivity contribution is -0.858. The minimum absolute atomic E-state index is 1.35. The zero-order valence-corrected chi connectivity index (χ0v) is 14.8. The highest BCUT2D eigenvalue weighted by atomic mass is 15.0. The third-order valence-electron chi connectivity index (χ3n) is 4.28. The monoisotopic (exact) mass is 284 g/mol. The summed E-state index contributed by atoms with van der Waals surface area (Å²) in [5.41, 5.74) is 0. The molecule has 0 amide bonds. The first-order chi connectivity index (χ1) is 9.77. The number of hydrogen-bond donors (Lipinski definition) is 1. The maximum absolute atomic E-state index is 2.29. The molecule has 1 N–H and O–H groups in total. The SMILES string of the molecule is CCCCCCCCCCCCCCCCC[NH+](C)C. The van der Waals surface area contributed by atoms with Gasteiger partial charge in [0.1, 0.15) is 0 Å². The third-order valence-corrected chi connectivity index (χ3v) is 4.28. The molecule has 0 aliphatic rings. The van der Waals surface area contributed by atoms with E-state index in [1.165, 1.54) is 103 Å². The first-order valence-electron chi connectivity index (χ1n) is 9.56. The van der Waals surface area contributed by atoms with E-state index in [1.54, 1.807) is 4.90 Å². The summed E-state index contributed by atoms with van der Waals surface area (Å²) in [6, 6.07) is 0. The standard InChI is InChI=1S/C19H41N/c1-4-5-6-7-8-9-10-11-12-13-14-15-16-17-18-19-20(2)3/h4-19H2,1-3H3/p+1. The topological polar surface area (TPSA) is 4.44 Å². The van der Waals surface area contributed by atoms with E-state index < -0.39 is 0 Å². The van der Waals surface area contributed by atoms with E-state index in [0.717, 1.165) is 0 Å². The largest absolute Gasteiger partial charge is 0.340 e. The molecule has 0 saturated carbocycles. The van der Waals surface area contributed by atoms with Gasteiger partial charge in [-0.15, -0.1) is 0 Å². The lowest BCUT2D eigenvalue weighted by Gasteiger charge is -2.06. The molecule has 0 aromatic rings. The molecule has 0 atom stereocenters. The number of unbranched alkanes of at least 4 members (excludes halogenated alkanes) is 14. The molecule has 20 heavy (non-hydrogen) atoms. The van der Waals surface area contributed by atoms with Crippen LogP contribution in [0.15, 0.2) is 0 Å². The smallest absolute Gasteiger partial charge is 0.0766 e. The predicted molar refractivity (Wildman–Crippen MR) is 92.6 cm³/mol. The Morgan fingerprint density at radius 1 is 0.450 bits per heavy atom. The fourth-order valence-electron chi connectivity index (χ4n) is 2.85. The Balaban J connectivity index is 2.92. The van der Waals surface area contributed by atoms with Crippen LogP contribution in [0.25, 0.3) is 0 Å². The van der Waals surface area contributed by atoms with Crippen molar-refractivity contribution in [2.45, 2.75) is 103 Å². The maximum atomic E-state index is 2.29. The lowest BCUT2D eigenvalue weighted by atomic mass is 10.0. The summed E-state index contributed by atoms with van der Waals surface area (Å²) >= 11 is 0. The van der Waals surface area contributed by atoms with Gasteiger partial charge < -0.3 is 4.90 Å². The van der Waals surface area contributed by atoms with Crippen molar-refractivity contribution in [2.24, 2.45) is 0 Å². The summed E-state index contributed by atoms with van der Waals surface area (Å²) < 4.78 is 0. The molecule has 122 valence electrons. The van der Waals surface area contributed by atoms with Crippen LogP contribution < -0.4 is 4.90 Å². The predicted octanol–water partition coefficient (Wildman–Crippen LogP) is 5.00. The Labute approximate surface area is 129 Å². The summed E-state index contributed by atoms with van der Waals surface area (Å²) in [7, 11) is 4.51. The van der Waals surface area contributed by atoms with E-state index in [9.17, 15) is 0 Å². The first-order valence-corrected chi connectivity index (χ1v) is 9.56. The molecular weight excluding hydrogens is 242 g/mol. The van der Waals surface area contributed by atoms with Crippen LogP contribution >= 0.6 is 0 Å². The van der Waals surface area contributed by atoms with E-state index in [4.69, 9.17) is 0 Å². The van der Waals surface area contributed by atoms with Crippen molar-refractivity contribution in [1.82, 2.24) is 0 Å². The third kappa shape index (κ3) is 18.0. The quantitative estimate of drug-likeness (QED) is 0.380. The summed E-state index contributed by atoms with van der Waals surface area (Å²) in [5, 5.41) is 0. The molecule has 0 aromatic heterocycles. The highest BCUT2D eigenvalue weighted by Gasteiger charge is 1.95. The van der Waals surface area contributed by atoms with Gasteiger partial charge in [0.15, 0.2) is 0 Å². The molecule has 1 nitrogen and oxygen atoms in total. The van der Waals surface area contributed by atoms with Crippen LogP contribution in [0.2, 0.25) is 0 Å². The number of hydrogen-bond acceptors (Lipinski definition) is 0. The van der Waals surface area contributed by atoms with E-state index in [2.05, 4.69) is 21.0 Å². The Kier molecular flexibility index (Phi) is 17.0. The van der Waals surface area contributed by atoms with Crippen LogP contribution in [0.3, 0.4) is 0 Å². The molecule has 0 saturated heterocycles. The van der Waals surface area contributed by atoms with E-state index in [1.807, 2.05) is 0 Å². The fraction of sp³-hybridized carbons (Fsp3) is 1.00. The normalized spacial score (nSPS) is 11.4. The van der Waals surface area contributed by atoms with Crippen molar-refractivity contribution in [2.75, 3.05) is 20.6 Å². The maximum Gasteiger partial charge on any atom is 0.0766 e. The zero-order valence-electron chi connectivity index (χ0n) is 14.8. The van der Waals surface area contributed by atoms with Crippen LogP contribution in [0, 0.1) is 0 Å². The number of rotatable bonds is 16. The molecule has 0 aliphatic heterocycles. The Morgan fingerprint density at radius 3 is 1.05 bits per heavy atom. The fourth-order valence-corrected chi connectivity index (χ4v) is 2.85. The molecule has 0 aliphatic carbocycles. The van der Waals surface area contributed by atoms with E-state index in [0.29, 0.717) is 0 Å². The highest BCUT2D eigenvalue weighted by molar-refractivity contribution is 4.49. The summed E-state index contributed by atoms with van der Waals surface area (Å²) in [4.78, 5) is 1.60. The van der Waals surface area contributed by atoms with Crippen molar-refractivity contribution in [1.29, 1.82) is 0 Å². The van der Waals surface area contributed by atoms with Gasteiger partial charge >= 0.3 is 0 Å². The minimum Gasteiger partial charge on any atom is -0.340 e. The van der Waals surface area contributed by atoms with Crippen molar-refractivity contribution >= 4 is 0 Å². The van der Waals surface area contributed by atoms with Crippen molar-refractivity contribution in [3.63, 3.8) is 0 Å². The van der Waals surface area contributed by atoms with Crippen LogP contribution in [0.5, 0.6) is 0 Å². The average Bonchev–Trinajstić information content (AvgIpc) is 2.43. The van der Waals surface area contributed by atoms with Crippen LogP contribution in [0.1, 0.15) is 103 Å². The molecule has 0 aromatic carbocycles. The van der Waals surface area contributed by atoms with E-state index in [-0.39, 0.29) is 0 Å². The van der Waals surface area contributed by atoms with Gasteiger partial charge in [-0.2, -0.15) is 0 Å². The summed E-state index contributed by atoms with van der Waals surface area (Å²) in [6.45, 7) is 3.64. The van der Waals surface area contributed by atoms with Gasteiger partial charge in [-0.3, -0.25) is 0 Å². The molecule has 0 heterocycles. The van der Waals surface area contributed by atoms with Gasteiger partial charge in [-0.1, -0.05) is 90.4 Å². The molecule has 1 heteroatoms. The van der Waals surface area contributed by atoms with Gasteiger partial charge in [0.05, 0.1) is 20.6 Å². The summed E-state index contributed by atoms with van der Waals surface area (Å²) in [5.74, 6) is 0. The molecule has 0 rings (SSSR count). The molecule has 0 radical (unpaired) electrons. The second-order valence-electron chi connectivity index (χ2n) is 6.91. The molecule has 0 bridgehead atoms. The molecule has 0 fully saturated rings. The van der Waals surface area contributed by atoms with Gasteiger partial charge in [0, 0.05) is 0 Å². The van der Waals surface area contributed by atoms with Crippen molar-refractivity contribution < 1.29 is 4.90 Å². The van der Waals surface area contributed by atoms with Crippen molar-refractivity contribution in [3.8, 4) is 0 Å². The Morgan fingerprint density at radius 2 is 0.750 bits per heavy atom. The lowest BCUT2D eigenvalue weighted by Crippen LogP contribution is -3.05. The van der Waals surface area contributed by atoms with Gasteiger partial charge in [0.25, 0.3) is 0 Å². The molecule has 0 spiro atoms. The van der Waals surface area contributed by atoms with Crippen LogP contribution in [-0.4, -0.2) is 20.6 Å². The molecular formula is C19H42N+. The number of quaternary nitrogens is 1. The summed E-state index contributed by atoms with van der Waals surface area (Å²) in [6.07, 6.45) is 21.9.